The molecule has 0 saturated carbocycles. The summed E-state index contributed by atoms with van der Waals surface area (Å²) in [5.74, 6) is -0.820. The lowest BCUT2D eigenvalue weighted by Gasteiger charge is -2.27. The number of aliphatic carboxylic acids is 1. The van der Waals surface area contributed by atoms with Crippen LogP contribution in [0.2, 0.25) is 0 Å². The number of rotatable bonds is 4. The predicted molar refractivity (Wildman–Crippen MR) is 64.3 cm³/mol. The summed E-state index contributed by atoms with van der Waals surface area (Å²) in [5, 5.41) is 19.3. The van der Waals surface area contributed by atoms with E-state index >= 15 is 0 Å². The summed E-state index contributed by atoms with van der Waals surface area (Å²) in [6.45, 7) is 1.87. The molecule has 0 aliphatic carbocycles. The molecule has 1 aromatic carbocycles. The van der Waals surface area contributed by atoms with E-state index in [0.717, 1.165) is 24.1 Å². The first-order chi connectivity index (χ1) is 8.56. The van der Waals surface area contributed by atoms with Gasteiger partial charge in [0, 0.05) is 31.8 Å². The van der Waals surface area contributed by atoms with Crippen molar-refractivity contribution in [3.05, 3.63) is 39.4 Å². The van der Waals surface area contributed by atoms with E-state index in [-0.39, 0.29) is 12.1 Å². The molecule has 1 heterocycles. The minimum Gasteiger partial charge on any atom is -0.481 e. The second kappa shape index (κ2) is 5.14. The van der Waals surface area contributed by atoms with Gasteiger partial charge in [0.25, 0.3) is 5.69 Å². The first-order valence-electron chi connectivity index (χ1n) is 5.76. The van der Waals surface area contributed by atoms with Crippen molar-refractivity contribution >= 4 is 11.7 Å². The highest BCUT2D eigenvalue weighted by Gasteiger charge is 2.19. The van der Waals surface area contributed by atoms with E-state index in [9.17, 15) is 14.9 Å². The van der Waals surface area contributed by atoms with Crippen LogP contribution >= 0.6 is 0 Å². The molecule has 1 aliphatic rings. The third-order valence-corrected chi connectivity index (χ3v) is 3.13. The lowest BCUT2D eigenvalue weighted by Crippen LogP contribution is -2.32. The maximum absolute atomic E-state index is 10.7. The van der Waals surface area contributed by atoms with Crippen LogP contribution in [0.25, 0.3) is 0 Å². The van der Waals surface area contributed by atoms with Crippen molar-refractivity contribution in [1.82, 2.24) is 4.90 Å². The number of benzene rings is 1. The third kappa shape index (κ3) is 2.84. The summed E-state index contributed by atoms with van der Waals surface area (Å²) in [5.41, 5.74) is 2.14. The van der Waals surface area contributed by atoms with Gasteiger partial charge in [-0.2, -0.15) is 0 Å². The summed E-state index contributed by atoms with van der Waals surface area (Å²) < 4.78 is 0. The van der Waals surface area contributed by atoms with E-state index in [1.165, 1.54) is 6.07 Å². The summed E-state index contributed by atoms with van der Waals surface area (Å²) >= 11 is 0. The first kappa shape index (κ1) is 12.5. The van der Waals surface area contributed by atoms with Crippen LogP contribution in [0.5, 0.6) is 0 Å². The minimum atomic E-state index is -0.820. The summed E-state index contributed by atoms with van der Waals surface area (Å²) in [4.78, 5) is 22.8. The number of hydrogen-bond donors (Lipinski definition) is 1. The minimum absolute atomic E-state index is 0.0915. The Bertz CT molecular complexity index is 487. The van der Waals surface area contributed by atoms with Crippen molar-refractivity contribution in [2.24, 2.45) is 0 Å². The highest BCUT2D eigenvalue weighted by atomic mass is 16.6. The van der Waals surface area contributed by atoms with Gasteiger partial charge >= 0.3 is 5.97 Å². The number of carboxylic acids is 1. The number of nitrogens with zero attached hydrogens (tertiary/aromatic N) is 2. The number of carboxylic acid groups (broad SMARTS) is 1. The number of carbonyl (C=O) groups is 1. The molecule has 2 rings (SSSR count). The standard InChI is InChI=1S/C12H14N2O4/c15-12(16)4-6-13-5-3-9-1-2-11(14(17)18)7-10(9)8-13/h1-2,7H,3-6,8H2,(H,15,16). The molecule has 0 spiro atoms. The maximum Gasteiger partial charge on any atom is 0.304 e. The Hall–Kier alpha value is -1.95. The molecular formula is C12H14N2O4. The van der Waals surface area contributed by atoms with Crippen molar-refractivity contribution in [2.75, 3.05) is 13.1 Å². The van der Waals surface area contributed by atoms with E-state index in [4.69, 9.17) is 5.11 Å². The number of fused-ring (bicyclic) bond motifs is 1. The van der Waals surface area contributed by atoms with Gasteiger partial charge in [-0.25, -0.2) is 0 Å². The molecule has 0 bridgehead atoms. The predicted octanol–water partition coefficient (Wildman–Crippen LogP) is 1.43. The van der Waals surface area contributed by atoms with Gasteiger partial charge in [0.05, 0.1) is 11.3 Å². The molecule has 0 amide bonds. The zero-order chi connectivity index (χ0) is 13.1. The monoisotopic (exact) mass is 250 g/mol. The zero-order valence-corrected chi connectivity index (χ0v) is 9.83. The van der Waals surface area contributed by atoms with Crippen LogP contribution in [0.3, 0.4) is 0 Å². The highest BCUT2D eigenvalue weighted by molar-refractivity contribution is 5.66. The van der Waals surface area contributed by atoms with Crippen LogP contribution in [0.15, 0.2) is 18.2 Å². The van der Waals surface area contributed by atoms with Crippen LogP contribution in [-0.4, -0.2) is 34.0 Å². The quantitative estimate of drug-likeness (QED) is 0.645. The van der Waals surface area contributed by atoms with Gasteiger partial charge in [0.15, 0.2) is 0 Å². The molecule has 96 valence electrons. The van der Waals surface area contributed by atoms with Gasteiger partial charge in [-0.05, 0) is 17.5 Å². The van der Waals surface area contributed by atoms with Gasteiger partial charge in [0.2, 0.25) is 0 Å². The van der Waals surface area contributed by atoms with Crippen molar-refractivity contribution in [2.45, 2.75) is 19.4 Å². The van der Waals surface area contributed by atoms with E-state index in [1.807, 2.05) is 4.90 Å². The Morgan fingerprint density at radius 1 is 1.44 bits per heavy atom. The molecule has 1 aliphatic heterocycles. The van der Waals surface area contributed by atoms with Gasteiger partial charge < -0.3 is 5.11 Å². The highest BCUT2D eigenvalue weighted by Crippen LogP contribution is 2.23. The van der Waals surface area contributed by atoms with E-state index in [2.05, 4.69) is 0 Å². The summed E-state index contributed by atoms with van der Waals surface area (Å²) in [6.07, 6.45) is 0.914. The van der Waals surface area contributed by atoms with Crippen LogP contribution < -0.4 is 0 Å². The van der Waals surface area contributed by atoms with Crippen molar-refractivity contribution < 1.29 is 14.8 Å². The fourth-order valence-electron chi connectivity index (χ4n) is 2.16. The molecule has 1 N–H and O–H groups in total. The van der Waals surface area contributed by atoms with Crippen molar-refractivity contribution in [1.29, 1.82) is 0 Å². The largest absolute Gasteiger partial charge is 0.481 e. The molecule has 0 fully saturated rings. The molecule has 1 aromatic rings. The van der Waals surface area contributed by atoms with Crippen LogP contribution in [-0.2, 0) is 17.8 Å². The van der Waals surface area contributed by atoms with Gasteiger partial charge in [-0.15, -0.1) is 0 Å². The molecule has 18 heavy (non-hydrogen) atoms. The SMILES string of the molecule is O=C(O)CCN1CCc2ccc([N+](=O)[O-])cc2C1. The van der Waals surface area contributed by atoms with Crippen LogP contribution in [0.4, 0.5) is 5.69 Å². The molecule has 0 unspecified atom stereocenters. The topological polar surface area (TPSA) is 83.7 Å². The molecule has 0 saturated heterocycles. The Kier molecular flexibility index (Phi) is 3.57. The number of non-ortho nitro benzene ring substituents is 1. The van der Waals surface area contributed by atoms with E-state index in [0.29, 0.717) is 13.1 Å². The maximum atomic E-state index is 10.7. The Labute approximate surface area is 104 Å². The molecule has 0 atom stereocenters. The summed E-state index contributed by atoms with van der Waals surface area (Å²) in [7, 11) is 0. The van der Waals surface area contributed by atoms with E-state index < -0.39 is 10.9 Å². The van der Waals surface area contributed by atoms with Crippen LogP contribution in [0, 0.1) is 10.1 Å². The number of hydrogen-bond acceptors (Lipinski definition) is 4. The molecule has 0 radical (unpaired) electrons. The molecular weight excluding hydrogens is 236 g/mol. The lowest BCUT2D eigenvalue weighted by molar-refractivity contribution is -0.385. The smallest absolute Gasteiger partial charge is 0.304 e. The second-order valence-electron chi connectivity index (χ2n) is 4.38. The van der Waals surface area contributed by atoms with E-state index in [1.54, 1.807) is 12.1 Å². The average molecular weight is 250 g/mol. The second-order valence-corrected chi connectivity index (χ2v) is 4.38. The Morgan fingerprint density at radius 2 is 2.22 bits per heavy atom. The fraction of sp³-hybridized carbons (Fsp3) is 0.417. The van der Waals surface area contributed by atoms with Crippen molar-refractivity contribution in [3.63, 3.8) is 0 Å². The molecule has 6 heteroatoms. The van der Waals surface area contributed by atoms with Gasteiger partial charge in [-0.1, -0.05) is 6.07 Å². The lowest BCUT2D eigenvalue weighted by atomic mass is 9.99. The number of nitro benzene ring substituents is 1. The normalized spacial score (nSPS) is 15.1. The third-order valence-electron chi connectivity index (χ3n) is 3.13. The molecule has 6 nitrogen and oxygen atoms in total. The fourth-order valence-corrected chi connectivity index (χ4v) is 2.16. The average Bonchev–Trinajstić information content (AvgIpc) is 2.35. The Morgan fingerprint density at radius 3 is 2.89 bits per heavy atom. The van der Waals surface area contributed by atoms with Gasteiger partial charge in [-0.3, -0.25) is 19.8 Å². The molecule has 0 aromatic heterocycles. The van der Waals surface area contributed by atoms with Crippen LogP contribution in [0.1, 0.15) is 17.5 Å². The number of nitro groups is 1. The zero-order valence-electron chi connectivity index (χ0n) is 9.83. The first-order valence-corrected chi connectivity index (χ1v) is 5.76. The van der Waals surface area contributed by atoms with Gasteiger partial charge in [0.1, 0.15) is 0 Å². The Balaban J connectivity index is 2.09. The van der Waals surface area contributed by atoms with Crippen molar-refractivity contribution in [3.8, 4) is 0 Å². The summed E-state index contributed by atoms with van der Waals surface area (Å²) in [6, 6.07) is 4.90.